The van der Waals surface area contributed by atoms with Crippen molar-refractivity contribution in [3.8, 4) is 11.3 Å². The highest BCUT2D eigenvalue weighted by Crippen LogP contribution is 2.42. The second-order valence-electron chi connectivity index (χ2n) is 7.75. The molecule has 4 heteroatoms. The Labute approximate surface area is 183 Å². The highest BCUT2D eigenvalue weighted by molar-refractivity contribution is 6.27. The zero-order valence-electron chi connectivity index (χ0n) is 17.3. The molecular weight excluding hydrogens is 392 g/mol. The fraction of sp³-hybridized carbons (Fsp3) is 0.231. The van der Waals surface area contributed by atoms with Crippen LogP contribution >= 0.6 is 11.6 Å². The van der Waals surface area contributed by atoms with Gasteiger partial charge in [-0.25, -0.2) is 0 Å². The molecule has 0 N–H and O–H groups in total. The molecule has 0 aliphatic carbocycles. The summed E-state index contributed by atoms with van der Waals surface area (Å²) in [6.45, 7) is 4.16. The molecule has 1 aliphatic rings. The van der Waals surface area contributed by atoms with Crippen LogP contribution in [0.3, 0.4) is 0 Å². The number of nitrogens with zero attached hydrogens (tertiary/aromatic N) is 2. The second-order valence-corrected chi connectivity index (χ2v) is 8.01. The molecule has 2 atom stereocenters. The second kappa shape index (κ2) is 8.85. The first kappa shape index (κ1) is 20.4. The lowest BCUT2D eigenvalue weighted by molar-refractivity contribution is -0.133. The van der Waals surface area contributed by atoms with Crippen LogP contribution in [-0.2, 0) is 4.79 Å². The quantitative estimate of drug-likeness (QED) is 0.371. The van der Waals surface area contributed by atoms with E-state index in [9.17, 15) is 4.79 Å². The standard InChI is InChI=1S/C26H25ClN2O/c1-18-13-14-23(29(24(30)16-27)26(18)21-11-7-4-8-12-21)22-15-19(2)25(28-17-22)20-9-5-3-6-10-20/h3-13,15,17,23,26H,14,16H2,1-2H3/t23-,26-/m0/s1. The Hall–Kier alpha value is -2.91. The van der Waals surface area contributed by atoms with Crippen LogP contribution in [0.15, 0.2) is 84.6 Å². The Kier molecular flexibility index (Phi) is 6.01. The summed E-state index contributed by atoms with van der Waals surface area (Å²) in [5, 5.41) is 0. The third-order valence-electron chi connectivity index (χ3n) is 5.76. The van der Waals surface area contributed by atoms with E-state index in [0.717, 1.165) is 34.4 Å². The van der Waals surface area contributed by atoms with Crippen LogP contribution in [0.2, 0.25) is 0 Å². The van der Waals surface area contributed by atoms with E-state index in [1.165, 1.54) is 5.57 Å². The SMILES string of the molecule is CC1=CC[C@@H](c2cnc(-c3ccccc3)c(C)c2)N(C(=O)CCl)[C@@H]1c1ccccc1. The molecular formula is C26H25ClN2O. The number of amides is 1. The summed E-state index contributed by atoms with van der Waals surface area (Å²) in [4.78, 5) is 19.7. The van der Waals surface area contributed by atoms with Crippen LogP contribution in [-0.4, -0.2) is 21.7 Å². The smallest absolute Gasteiger partial charge is 0.238 e. The summed E-state index contributed by atoms with van der Waals surface area (Å²) >= 11 is 6.05. The molecule has 3 aromatic rings. The lowest BCUT2D eigenvalue weighted by Crippen LogP contribution is -2.41. The van der Waals surface area contributed by atoms with Gasteiger partial charge < -0.3 is 4.90 Å². The molecule has 3 nitrogen and oxygen atoms in total. The maximum absolute atomic E-state index is 13.0. The van der Waals surface area contributed by atoms with Crippen LogP contribution in [0.5, 0.6) is 0 Å². The molecule has 30 heavy (non-hydrogen) atoms. The third-order valence-corrected chi connectivity index (χ3v) is 5.99. The zero-order valence-corrected chi connectivity index (χ0v) is 18.0. The number of carbonyl (C=O) groups is 1. The summed E-state index contributed by atoms with van der Waals surface area (Å²) in [6.07, 6.45) is 4.90. The van der Waals surface area contributed by atoms with Gasteiger partial charge in [-0.15, -0.1) is 11.6 Å². The number of carbonyl (C=O) groups excluding carboxylic acids is 1. The van der Waals surface area contributed by atoms with E-state index < -0.39 is 0 Å². The Morgan fingerprint density at radius 3 is 2.33 bits per heavy atom. The van der Waals surface area contributed by atoms with Gasteiger partial charge in [0, 0.05) is 11.8 Å². The van der Waals surface area contributed by atoms with Gasteiger partial charge in [0.05, 0.1) is 17.8 Å². The number of hydrogen-bond acceptors (Lipinski definition) is 2. The molecule has 1 aromatic heterocycles. The van der Waals surface area contributed by atoms with Crippen molar-refractivity contribution in [1.29, 1.82) is 0 Å². The van der Waals surface area contributed by atoms with Crippen molar-refractivity contribution in [3.63, 3.8) is 0 Å². The average molecular weight is 417 g/mol. The molecule has 0 fully saturated rings. The van der Waals surface area contributed by atoms with Gasteiger partial charge in [0.15, 0.2) is 0 Å². The summed E-state index contributed by atoms with van der Waals surface area (Å²) in [6, 6.07) is 22.3. The molecule has 1 aliphatic heterocycles. The Morgan fingerprint density at radius 2 is 1.70 bits per heavy atom. The minimum atomic E-state index is -0.120. The highest BCUT2D eigenvalue weighted by atomic mass is 35.5. The maximum Gasteiger partial charge on any atom is 0.238 e. The van der Waals surface area contributed by atoms with E-state index >= 15 is 0 Å². The maximum atomic E-state index is 13.0. The van der Waals surface area contributed by atoms with Gasteiger partial charge in [-0.3, -0.25) is 9.78 Å². The Balaban J connectivity index is 1.76. The molecule has 0 saturated heterocycles. The summed E-state index contributed by atoms with van der Waals surface area (Å²) < 4.78 is 0. The first-order valence-electron chi connectivity index (χ1n) is 10.2. The van der Waals surface area contributed by atoms with Crippen LogP contribution in [0.25, 0.3) is 11.3 Å². The monoisotopic (exact) mass is 416 g/mol. The van der Waals surface area contributed by atoms with Crippen molar-refractivity contribution in [1.82, 2.24) is 9.88 Å². The lowest BCUT2D eigenvalue weighted by atomic mass is 9.87. The molecule has 152 valence electrons. The van der Waals surface area contributed by atoms with E-state index in [1.807, 2.05) is 47.5 Å². The number of halogens is 1. The third kappa shape index (κ3) is 3.90. The van der Waals surface area contributed by atoms with Crippen molar-refractivity contribution in [3.05, 3.63) is 101 Å². The van der Waals surface area contributed by atoms with Crippen molar-refractivity contribution in [2.24, 2.45) is 0 Å². The molecule has 1 amide bonds. The van der Waals surface area contributed by atoms with Crippen molar-refractivity contribution >= 4 is 17.5 Å². The van der Waals surface area contributed by atoms with Gasteiger partial charge in [-0.2, -0.15) is 0 Å². The molecule has 4 rings (SSSR count). The Bertz CT molecular complexity index is 1060. The number of rotatable bonds is 4. The minimum Gasteiger partial charge on any atom is -0.323 e. The molecule has 0 saturated carbocycles. The number of aryl methyl sites for hydroxylation is 1. The summed E-state index contributed by atoms with van der Waals surface area (Å²) in [5.74, 6) is -0.102. The largest absolute Gasteiger partial charge is 0.323 e. The van der Waals surface area contributed by atoms with E-state index in [-0.39, 0.29) is 23.9 Å². The van der Waals surface area contributed by atoms with Crippen LogP contribution in [0.1, 0.15) is 42.1 Å². The van der Waals surface area contributed by atoms with Crippen LogP contribution in [0.4, 0.5) is 0 Å². The first-order valence-corrected chi connectivity index (χ1v) is 10.7. The molecule has 0 unspecified atom stereocenters. The Morgan fingerprint density at radius 1 is 1.03 bits per heavy atom. The van der Waals surface area contributed by atoms with Gasteiger partial charge in [0.25, 0.3) is 0 Å². The molecule has 0 spiro atoms. The average Bonchev–Trinajstić information content (AvgIpc) is 2.79. The highest BCUT2D eigenvalue weighted by Gasteiger charge is 2.36. The number of alkyl halides is 1. The fourth-order valence-corrected chi connectivity index (χ4v) is 4.48. The number of pyridine rings is 1. The summed E-state index contributed by atoms with van der Waals surface area (Å²) in [5.41, 5.74) is 6.46. The van der Waals surface area contributed by atoms with Gasteiger partial charge in [0.2, 0.25) is 5.91 Å². The molecule has 0 bridgehead atoms. The van der Waals surface area contributed by atoms with E-state index in [2.05, 4.69) is 50.3 Å². The predicted molar refractivity (Wildman–Crippen MR) is 122 cm³/mol. The van der Waals surface area contributed by atoms with E-state index in [1.54, 1.807) is 0 Å². The van der Waals surface area contributed by atoms with Gasteiger partial charge in [-0.1, -0.05) is 78.4 Å². The predicted octanol–water partition coefficient (Wildman–Crippen LogP) is 6.26. The normalized spacial score (nSPS) is 18.8. The zero-order chi connectivity index (χ0) is 21.1. The minimum absolute atomic E-state index is 0.0401. The van der Waals surface area contributed by atoms with Crippen molar-refractivity contribution in [2.45, 2.75) is 32.4 Å². The van der Waals surface area contributed by atoms with Crippen molar-refractivity contribution < 1.29 is 4.79 Å². The van der Waals surface area contributed by atoms with Gasteiger partial charge >= 0.3 is 0 Å². The first-order chi connectivity index (χ1) is 14.6. The molecule has 0 radical (unpaired) electrons. The lowest BCUT2D eigenvalue weighted by Gasteiger charge is -2.42. The fourth-order valence-electron chi connectivity index (χ4n) is 4.34. The topological polar surface area (TPSA) is 33.2 Å². The number of benzene rings is 2. The van der Waals surface area contributed by atoms with Crippen LogP contribution in [0, 0.1) is 6.92 Å². The van der Waals surface area contributed by atoms with Crippen LogP contribution < -0.4 is 0 Å². The molecule has 2 heterocycles. The summed E-state index contributed by atoms with van der Waals surface area (Å²) in [7, 11) is 0. The van der Waals surface area contributed by atoms with E-state index in [4.69, 9.17) is 16.6 Å². The van der Waals surface area contributed by atoms with Crippen molar-refractivity contribution in [2.75, 3.05) is 5.88 Å². The van der Waals surface area contributed by atoms with Gasteiger partial charge in [0.1, 0.15) is 5.88 Å². The van der Waals surface area contributed by atoms with E-state index in [0.29, 0.717) is 0 Å². The number of hydrogen-bond donors (Lipinski definition) is 0. The number of aromatic nitrogens is 1. The molecule has 2 aromatic carbocycles. The van der Waals surface area contributed by atoms with Gasteiger partial charge in [-0.05, 0) is 37.0 Å².